The molecule has 0 bridgehead atoms. The van der Waals surface area contributed by atoms with E-state index in [0.29, 0.717) is 0 Å². The third kappa shape index (κ3) is 3.82. The largest absolute Gasteiger partial charge is 0.344 e. The standard InChI is InChI=1S/C26H28N2/c1-26(2,3)24-11-7-8-12-25(24)28-19-15-22(16-20-28)21-13-17-27(18-14-21)23-9-5-4-6-10-23/h4-17,19H,18,20H2,1-3H3. The van der Waals surface area contributed by atoms with Crippen LogP contribution in [0.15, 0.2) is 102 Å². The normalized spacial score (nSPS) is 16.8. The van der Waals surface area contributed by atoms with Crippen molar-refractivity contribution in [1.29, 1.82) is 0 Å². The van der Waals surface area contributed by atoms with Crippen LogP contribution in [0.4, 0.5) is 11.4 Å². The minimum Gasteiger partial charge on any atom is -0.344 e. The van der Waals surface area contributed by atoms with Crippen LogP contribution in [0.1, 0.15) is 26.3 Å². The number of rotatable bonds is 3. The predicted molar refractivity (Wildman–Crippen MR) is 121 cm³/mol. The number of para-hydroxylation sites is 2. The Morgan fingerprint density at radius 1 is 0.679 bits per heavy atom. The van der Waals surface area contributed by atoms with Crippen molar-refractivity contribution in [3.8, 4) is 0 Å². The summed E-state index contributed by atoms with van der Waals surface area (Å²) in [5.74, 6) is 0. The molecule has 2 heteroatoms. The van der Waals surface area contributed by atoms with Crippen molar-refractivity contribution in [1.82, 2.24) is 0 Å². The van der Waals surface area contributed by atoms with Gasteiger partial charge in [-0.1, -0.05) is 69.3 Å². The highest BCUT2D eigenvalue weighted by atomic mass is 15.1. The van der Waals surface area contributed by atoms with Crippen LogP contribution in [0.3, 0.4) is 0 Å². The van der Waals surface area contributed by atoms with Crippen molar-refractivity contribution < 1.29 is 0 Å². The van der Waals surface area contributed by atoms with E-state index < -0.39 is 0 Å². The molecule has 2 aromatic carbocycles. The Morgan fingerprint density at radius 3 is 1.82 bits per heavy atom. The van der Waals surface area contributed by atoms with Gasteiger partial charge >= 0.3 is 0 Å². The summed E-state index contributed by atoms with van der Waals surface area (Å²) < 4.78 is 0. The molecule has 0 saturated heterocycles. The van der Waals surface area contributed by atoms with Crippen LogP contribution in [0.5, 0.6) is 0 Å². The zero-order chi connectivity index (χ0) is 19.6. The average Bonchev–Trinajstić information content (AvgIpc) is 2.74. The molecule has 0 atom stereocenters. The van der Waals surface area contributed by atoms with E-state index in [2.05, 4.69) is 122 Å². The van der Waals surface area contributed by atoms with E-state index in [1.165, 1.54) is 28.1 Å². The lowest BCUT2D eigenvalue weighted by Gasteiger charge is -2.30. The molecule has 28 heavy (non-hydrogen) atoms. The van der Waals surface area contributed by atoms with Gasteiger partial charge in [-0.05, 0) is 52.5 Å². The van der Waals surface area contributed by atoms with E-state index in [0.717, 1.165) is 13.1 Å². The lowest BCUT2D eigenvalue weighted by atomic mass is 9.85. The number of hydrogen-bond acceptors (Lipinski definition) is 2. The summed E-state index contributed by atoms with van der Waals surface area (Å²) in [5, 5.41) is 0. The van der Waals surface area contributed by atoms with Crippen molar-refractivity contribution in [2.45, 2.75) is 26.2 Å². The van der Waals surface area contributed by atoms with Gasteiger partial charge in [0.15, 0.2) is 0 Å². The van der Waals surface area contributed by atoms with E-state index in [9.17, 15) is 0 Å². The first-order valence-corrected chi connectivity index (χ1v) is 9.97. The van der Waals surface area contributed by atoms with Crippen LogP contribution >= 0.6 is 0 Å². The Morgan fingerprint density at radius 2 is 1.25 bits per heavy atom. The molecule has 142 valence electrons. The second-order valence-electron chi connectivity index (χ2n) is 8.36. The Hall–Kier alpha value is -3.00. The van der Waals surface area contributed by atoms with Crippen LogP contribution < -0.4 is 9.80 Å². The SMILES string of the molecule is CC(C)(C)c1ccccc1N1C=CC(C2=CCN(c3ccccc3)C=C2)=CC1. The maximum absolute atomic E-state index is 2.34. The fourth-order valence-corrected chi connectivity index (χ4v) is 3.77. The fraction of sp³-hybridized carbons (Fsp3) is 0.231. The Bertz CT molecular complexity index is 955. The Kier molecular flexibility index (Phi) is 4.95. The van der Waals surface area contributed by atoms with Crippen molar-refractivity contribution in [2.24, 2.45) is 0 Å². The van der Waals surface area contributed by atoms with E-state index in [1.807, 2.05) is 0 Å². The van der Waals surface area contributed by atoms with Crippen molar-refractivity contribution in [3.63, 3.8) is 0 Å². The molecule has 4 rings (SSSR count). The second-order valence-corrected chi connectivity index (χ2v) is 8.36. The van der Waals surface area contributed by atoms with E-state index >= 15 is 0 Å². The first-order chi connectivity index (χ1) is 13.5. The number of nitrogens with zero attached hydrogens (tertiary/aromatic N) is 2. The summed E-state index contributed by atoms with van der Waals surface area (Å²) in [7, 11) is 0. The van der Waals surface area contributed by atoms with Crippen LogP contribution in [0.25, 0.3) is 0 Å². The van der Waals surface area contributed by atoms with Crippen LogP contribution in [-0.4, -0.2) is 13.1 Å². The van der Waals surface area contributed by atoms with Gasteiger partial charge in [0.25, 0.3) is 0 Å². The highest BCUT2D eigenvalue weighted by Gasteiger charge is 2.21. The second kappa shape index (κ2) is 7.55. The Labute approximate surface area is 168 Å². The zero-order valence-electron chi connectivity index (χ0n) is 17.0. The van der Waals surface area contributed by atoms with Gasteiger partial charge in [-0.15, -0.1) is 0 Å². The topological polar surface area (TPSA) is 6.48 Å². The molecule has 2 aliphatic heterocycles. The minimum atomic E-state index is 0.129. The van der Waals surface area contributed by atoms with E-state index in [4.69, 9.17) is 0 Å². The molecular weight excluding hydrogens is 340 g/mol. The zero-order valence-corrected chi connectivity index (χ0v) is 17.0. The Balaban J connectivity index is 1.47. The maximum atomic E-state index is 2.34. The monoisotopic (exact) mass is 368 g/mol. The van der Waals surface area contributed by atoms with Gasteiger partial charge in [0.1, 0.15) is 0 Å². The van der Waals surface area contributed by atoms with Crippen molar-refractivity contribution in [2.75, 3.05) is 22.9 Å². The highest BCUT2D eigenvalue weighted by Crippen LogP contribution is 2.33. The lowest BCUT2D eigenvalue weighted by Crippen LogP contribution is -2.24. The van der Waals surface area contributed by atoms with Gasteiger partial charge < -0.3 is 9.80 Å². The first kappa shape index (κ1) is 18.4. The molecule has 2 heterocycles. The summed E-state index contributed by atoms with van der Waals surface area (Å²) in [6.45, 7) is 8.62. The summed E-state index contributed by atoms with van der Waals surface area (Å²) in [6, 6.07) is 19.2. The quantitative estimate of drug-likeness (QED) is 0.636. The smallest absolute Gasteiger partial charge is 0.0446 e. The van der Waals surface area contributed by atoms with Crippen LogP contribution in [0, 0.1) is 0 Å². The van der Waals surface area contributed by atoms with Crippen molar-refractivity contribution >= 4 is 11.4 Å². The summed E-state index contributed by atoms with van der Waals surface area (Å²) in [5.41, 5.74) is 6.63. The fourth-order valence-electron chi connectivity index (χ4n) is 3.77. The number of allylic oxidation sites excluding steroid dienone is 4. The molecule has 2 aliphatic rings. The first-order valence-electron chi connectivity index (χ1n) is 9.97. The van der Waals surface area contributed by atoms with Gasteiger partial charge in [0.2, 0.25) is 0 Å². The third-order valence-corrected chi connectivity index (χ3v) is 5.33. The number of anilines is 2. The van der Waals surface area contributed by atoms with Gasteiger partial charge in [0, 0.05) is 36.9 Å². The molecule has 2 nitrogen and oxygen atoms in total. The third-order valence-electron chi connectivity index (χ3n) is 5.33. The summed E-state index contributed by atoms with van der Waals surface area (Å²) in [4.78, 5) is 4.61. The molecule has 0 radical (unpaired) electrons. The van der Waals surface area contributed by atoms with Gasteiger partial charge in [-0.3, -0.25) is 0 Å². The van der Waals surface area contributed by atoms with Crippen LogP contribution in [0.2, 0.25) is 0 Å². The van der Waals surface area contributed by atoms with Gasteiger partial charge in [-0.2, -0.15) is 0 Å². The predicted octanol–water partition coefficient (Wildman–Crippen LogP) is 6.20. The van der Waals surface area contributed by atoms with Gasteiger partial charge in [-0.25, -0.2) is 0 Å². The molecule has 0 amide bonds. The summed E-state index contributed by atoms with van der Waals surface area (Å²) in [6.07, 6.45) is 13.5. The molecule has 0 aromatic heterocycles. The summed E-state index contributed by atoms with van der Waals surface area (Å²) >= 11 is 0. The van der Waals surface area contributed by atoms with E-state index in [1.54, 1.807) is 0 Å². The molecule has 0 spiro atoms. The molecule has 0 unspecified atom stereocenters. The van der Waals surface area contributed by atoms with Gasteiger partial charge in [0.05, 0.1) is 0 Å². The molecule has 0 fully saturated rings. The average molecular weight is 369 g/mol. The number of hydrogen-bond donors (Lipinski definition) is 0. The maximum Gasteiger partial charge on any atom is 0.0446 e. The van der Waals surface area contributed by atoms with E-state index in [-0.39, 0.29) is 5.41 Å². The molecule has 2 aromatic rings. The molecule has 0 saturated carbocycles. The molecule has 0 aliphatic carbocycles. The molecular formula is C26H28N2. The van der Waals surface area contributed by atoms with Crippen molar-refractivity contribution in [3.05, 3.63) is 108 Å². The van der Waals surface area contributed by atoms with Crippen LogP contribution in [-0.2, 0) is 5.41 Å². The highest BCUT2D eigenvalue weighted by molar-refractivity contribution is 5.63. The molecule has 0 N–H and O–H groups in total. The number of benzene rings is 2. The minimum absolute atomic E-state index is 0.129. The lowest BCUT2D eigenvalue weighted by molar-refractivity contribution is 0.590.